The number of oxime groups is 1. The molecule has 2 unspecified atom stereocenters. The van der Waals surface area contributed by atoms with Crippen molar-refractivity contribution in [3.8, 4) is 0 Å². The van der Waals surface area contributed by atoms with E-state index in [1.165, 1.54) is 0 Å². The first-order chi connectivity index (χ1) is 8.45. The Morgan fingerprint density at radius 2 is 1.94 bits per heavy atom. The summed E-state index contributed by atoms with van der Waals surface area (Å²) in [6.07, 6.45) is 0. The molecule has 1 aromatic heterocycles. The highest BCUT2D eigenvalue weighted by Gasteiger charge is 2.31. The summed E-state index contributed by atoms with van der Waals surface area (Å²) in [5.41, 5.74) is 7.29. The molecule has 6 nitrogen and oxygen atoms in total. The van der Waals surface area contributed by atoms with Gasteiger partial charge in [0, 0.05) is 20.1 Å². The molecule has 1 aliphatic rings. The monoisotopic (exact) mass is 251 g/mol. The molecule has 3 N–H and O–H groups in total. The van der Waals surface area contributed by atoms with Crippen LogP contribution in [0.1, 0.15) is 25.1 Å². The molecule has 1 aliphatic heterocycles. The van der Waals surface area contributed by atoms with Crippen molar-refractivity contribution in [2.24, 2.45) is 29.8 Å². The van der Waals surface area contributed by atoms with E-state index in [0.717, 1.165) is 30.2 Å². The van der Waals surface area contributed by atoms with E-state index in [2.05, 4.69) is 29.0 Å². The lowest BCUT2D eigenvalue weighted by molar-refractivity contribution is 0.318. The second-order valence-corrected chi connectivity index (χ2v) is 5.25. The number of hydrogen-bond acceptors (Lipinski definition) is 4. The lowest BCUT2D eigenvalue weighted by Crippen LogP contribution is -2.26. The number of anilines is 1. The number of aryl methyl sites for hydroxylation is 2. The standard InChI is InChI=1S/C12H21N5O/c1-7-5-17(6-8(7)2)12-10(11(13)15-18)9(3)14-16(12)4/h7-8,18H,5-6H2,1-4H3,(H2,13,15). The minimum absolute atomic E-state index is 0.128. The van der Waals surface area contributed by atoms with Gasteiger partial charge in [0.15, 0.2) is 5.84 Å². The predicted molar refractivity (Wildman–Crippen MR) is 71.0 cm³/mol. The fourth-order valence-electron chi connectivity index (χ4n) is 2.66. The first-order valence-corrected chi connectivity index (χ1v) is 6.22. The Bertz CT molecular complexity index is 469. The molecule has 1 saturated heterocycles. The van der Waals surface area contributed by atoms with E-state index in [0.29, 0.717) is 11.8 Å². The Morgan fingerprint density at radius 1 is 1.39 bits per heavy atom. The third-order valence-electron chi connectivity index (χ3n) is 3.84. The molecular formula is C12H21N5O. The van der Waals surface area contributed by atoms with Crippen LogP contribution in [-0.4, -0.2) is 33.9 Å². The van der Waals surface area contributed by atoms with Crippen LogP contribution >= 0.6 is 0 Å². The van der Waals surface area contributed by atoms with Crippen LogP contribution in [-0.2, 0) is 7.05 Å². The normalized spacial score (nSPS) is 24.9. The molecule has 2 atom stereocenters. The number of hydrogen-bond donors (Lipinski definition) is 2. The number of aromatic nitrogens is 2. The molecule has 1 fully saturated rings. The highest BCUT2D eigenvalue weighted by molar-refractivity contribution is 6.02. The van der Waals surface area contributed by atoms with Gasteiger partial charge in [-0.3, -0.25) is 4.68 Å². The molecular weight excluding hydrogens is 230 g/mol. The number of nitrogens with zero attached hydrogens (tertiary/aromatic N) is 4. The third kappa shape index (κ3) is 1.91. The Labute approximate surface area is 107 Å². The van der Waals surface area contributed by atoms with Gasteiger partial charge in [-0.05, 0) is 18.8 Å². The van der Waals surface area contributed by atoms with E-state index in [1.54, 1.807) is 0 Å². The SMILES string of the molecule is Cc1nn(C)c(N2CC(C)C(C)C2)c1C(N)=NO. The molecule has 0 aromatic carbocycles. The van der Waals surface area contributed by atoms with Crippen molar-refractivity contribution in [1.29, 1.82) is 0 Å². The average Bonchev–Trinajstić information content (AvgIpc) is 2.78. The first kappa shape index (κ1) is 12.7. The quantitative estimate of drug-likeness (QED) is 0.354. The van der Waals surface area contributed by atoms with Gasteiger partial charge in [0.2, 0.25) is 0 Å². The Balaban J connectivity index is 2.45. The highest BCUT2D eigenvalue weighted by Crippen LogP contribution is 2.31. The number of amidine groups is 1. The Kier molecular flexibility index (Phi) is 3.19. The predicted octanol–water partition coefficient (Wildman–Crippen LogP) is 0.915. The van der Waals surface area contributed by atoms with Crippen LogP contribution in [0.25, 0.3) is 0 Å². The van der Waals surface area contributed by atoms with Crippen LogP contribution in [0.2, 0.25) is 0 Å². The van der Waals surface area contributed by atoms with Gasteiger partial charge < -0.3 is 15.8 Å². The van der Waals surface area contributed by atoms with Crippen molar-refractivity contribution in [1.82, 2.24) is 9.78 Å². The van der Waals surface area contributed by atoms with Crippen molar-refractivity contribution in [3.63, 3.8) is 0 Å². The van der Waals surface area contributed by atoms with Gasteiger partial charge in [0.1, 0.15) is 5.82 Å². The molecule has 1 aromatic rings. The van der Waals surface area contributed by atoms with Gasteiger partial charge in [0.25, 0.3) is 0 Å². The fraction of sp³-hybridized carbons (Fsp3) is 0.667. The topological polar surface area (TPSA) is 79.7 Å². The minimum Gasteiger partial charge on any atom is -0.409 e. The van der Waals surface area contributed by atoms with Crippen LogP contribution in [0.4, 0.5) is 5.82 Å². The van der Waals surface area contributed by atoms with Gasteiger partial charge in [-0.25, -0.2) is 0 Å². The molecule has 0 radical (unpaired) electrons. The summed E-state index contributed by atoms with van der Waals surface area (Å²) >= 11 is 0. The zero-order chi connectivity index (χ0) is 13.4. The van der Waals surface area contributed by atoms with Crippen molar-refractivity contribution >= 4 is 11.7 Å². The second kappa shape index (κ2) is 4.51. The Hall–Kier alpha value is -1.72. The second-order valence-electron chi connectivity index (χ2n) is 5.25. The van der Waals surface area contributed by atoms with Crippen molar-refractivity contribution in [3.05, 3.63) is 11.3 Å². The average molecular weight is 251 g/mol. The maximum Gasteiger partial charge on any atom is 0.175 e. The van der Waals surface area contributed by atoms with Crippen molar-refractivity contribution in [2.45, 2.75) is 20.8 Å². The van der Waals surface area contributed by atoms with E-state index in [4.69, 9.17) is 10.9 Å². The molecule has 18 heavy (non-hydrogen) atoms. The van der Waals surface area contributed by atoms with E-state index >= 15 is 0 Å². The molecule has 0 saturated carbocycles. The van der Waals surface area contributed by atoms with Crippen LogP contribution in [0.3, 0.4) is 0 Å². The fourth-order valence-corrected chi connectivity index (χ4v) is 2.66. The zero-order valence-corrected chi connectivity index (χ0v) is 11.4. The summed E-state index contributed by atoms with van der Waals surface area (Å²) in [5.74, 6) is 2.35. The molecule has 0 spiro atoms. The molecule has 0 bridgehead atoms. The molecule has 0 aliphatic carbocycles. The van der Waals surface area contributed by atoms with Gasteiger partial charge >= 0.3 is 0 Å². The van der Waals surface area contributed by atoms with Gasteiger partial charge in [-0.1, -0.05) is 19.0 Å². The summed E-state index contributed by atoms with van der Waals surface area (Å²) in [6, 6.07) is 0. The van der Waals surface area contributed by atoms with E-state index in [9.17, 15) is 0 Å². The third-order valence-corrected chi connectivity index (χ3v) is 3.84. The van der Waals surface area contributed by atoms with Gasteiger partial charge in [-0.2, -0.15) is 5.10 Å². The molecule has 2 rings (SSSR count). The van der Waals surface area contributed by atoms with Crippen LogP contribution < -0.4 is 10.6 Å². The van der Waals surface area contributed by atoms with Crippen molar-refractivity contribution < 1.29 is 5.21 Å². The number of nitrogens with two attached hydrogens (primary N) is 1. The highest BCUT2D eigenvalue weighted by atomic mass is 16.4. The van der Waals surface area contributed by atoms with Crippen molar-refractivity contribution in [2.75, 3.05) is 18.0 Å². The van der Waals surface area contributed by atoms with Crippen LogP contribution in [0.5, 0.6) is 0 Å². The van der Waals surface area contributed by atoms with Gasteiger partial charge in [-0.15, -0.1) is 0 Å². The largest absolute Gasteiger partial charge is 0.409 e. The Morgan fingerprint density at radius 3 is 2.44 bits per heavy atom. The molecule has 6 heteroatoms. The smallest absolute Gasteiger partial charge is 0.175 e. The van der Waals surface area contributed by atoms with Gasteiger partial charge in [0.05, 0.1) is 11.3 Å². The molecule has 2 heterocycles. The van der Waals surface area contributed by atoms with Crippen LogP contribution in [0.15, 0.2) is 5.16 Å². The summed E-state index contributed by atoms with van der Waals surface area (Å²) < 4.78 is 1.81. The maximum atomic E-state index is 8.90. The molecule has 100 valence electrons. The summed E-state index contributed by atoms with van der Waals surface area (Å²) in [7, 11) is 1.89. The maximum absolute atomic E-state index is 8.90. The lowest BCUT2D eigenvalue weighted by atomic mass is 10.0. The summed E-state index contributed by atoms with van der Waals surface area (Å²) in [6.45, 7) is 8.33. The number of rotatable bonds is 2. The molecule has 0 amide bonds. The van der Waals surface area contributed by atoms with E-state index in [-0.39, 0.29) is 5.84 Å². The minimum atomic E-state index is 0.128. The first-order valence-electron chi connectivity index (χ1n) is 6.22. The lowest BCUT2D eigenvalue weighted by Gasteiger charge is -2.20. The van der Waals surface area contributed by atoms with E-state index in [1.807, 2.05) is 18.7 Å². The van der Waals surface area contributed by atoms with E-state index < -0.39 is 0 Å². The summed E-state index contributed by atoms with van der Waals surface area (Å²) in [4.78, 5) is 2.27. The summed E-state index contributed by atoms with van der Waals surface area (Å²) in [5, 5.41) is 16.4. The van der Waals surface area contributed by atoms with Crippen LogP contribution in [0, 0.1) is 18.8 Å². The zero-order valence-electron chi connectivity index (χ0n) is 11.4.